The first kappa shape index (κ1) is 31.5. The number of aliphatic imine (C=N–C) groups is 2. The Morgan fingerprint density at radius 1 is 0.925 bits per heavy atom. The number of esters is 1. The number of carbonyl (C=O) groups is 1. The molecule has 1 aliphatic heterocycles. The number of benzene rings is 2. The van der Waals surface area contributed by atoms with Crippen LogP contribution in [0.4, 0.5) is 0 Å². The summed E-state index contributed by atoms with van der Waals surface area (Å²) in [6.07, 6.45) is -7.89. The lowest BCUT2D eigenvalue weighted by molar-refractivity contribution is -0.322. The molecule has 0 spiro atoms. The first-order valence-electron chi connectivity index (χ1n) is 12.8. The maximum Gasteiger partial charge on any atom is 0.303 e. The molecule has 1 heterocycles. The van der Waals surface area contributed by atoms with Crippen molar-refractivity contribution in [2.75, 3.05) is 26.3 Å². The van der Waals surface area contributed by atoms with Crippen molar-refractivity contribution in [1.82, 2.24) is 0 Å². The Balaban J connectivity index is 1.75. The number of aliphatic hydroxyl groups excluding tert-OH is 5. The van der Waals surface area contributed by atoms with E-state index in [1.54, 1.807) is 12.4 Å². The Bertz CT molecular complexity index is 1070. The summed E-state index contributed by atoms with van der Waals surface area (Å²) in [6.45, 7) is -0.386. The summed E-state index contributed by atoms with van der Waals surface area (Å²) >= 11 is 0. The van der Waals surface area contributed by atoms with Crippen LogP contribution in [-0.2, 0) is 23.7 Å². The van der Waals surface area contributed by atoms with Gasteiger partial charge in [0.05, 0.1) is 26.3 Å². The molecule has 2 aromatic rings. The SMILES string of the molecule is CC(=O)O[C@@H]1[C@@H](O)[C@@H](O[C@@H](CN=Cc2ccccc2)[C@@H](CO)O[C@H](O)CN=Cc2ccccc2)O[C@@H](CO)[C@H]1O. The fourth-order valence-corrected chi connectivity index (χ4v) is 4.00. The lowest BCUT2D eigenvalue weighted by Crippen LogP contribution is -2.61. The molecule has 12 nitrogen and oxygen atoms in total. The van der Waals surface area contributed by atoms with Gasteiger partial charge < -0.3 is 44.5 Å². The molecule has 0 amide bonds. The van der Waals surface area contributed by atoms with Crippen molar-refractivity contribution in [1.29, 1.82) is 0 Å². The van der Waals surface area contributed by atoms with Gasteiger partial charge in [0.2, 0.25) is 0 Å². The smallest absolute Gasteiger partial charge is 0.303 e. The van der Waals surface area contributed by atoms with Gasteiger partial charge in [0.25, 0.3) is 0 Å². The van der Waals surface area contributed by atoms with Gasteiger partial charge in [0, 0.05) is 19.4 Å². The van der Waals surface area contributed by atoms with Gasteiger partial charge in [-0.1, -0.05) is 60.7 Å². The molecule has 218 valence electrons. The van der Waals surface area contributed by atoms with E-state index in [0.717, 1.165) is 18.1 Å². The monoisotopic (exact) mass is 560 g/mol. The summed E-state index contributed by atoms with van der Waals surface area (Å²) in [4.78, 5) is 20.1. The third-order valence-electron chi connectivity index (χ3n) is 5.99. The quantitative estimate of drug-likeness (QED) is 0.117. The standard InChI is InChI=1S/C28H36N2O10/c1-18(33)37-27-25(35)23(17-32)40-28(26(27)36)39-21(14-29-12-19-8-4-2-5-9-19)22(16-31)38-24(34)15-30-13-20-10-6-3-7-11-20/h2-13,21-28,31-32,34-36H,14-17H2,1H3/t21-,22+,23-,24-,25+,26+,27-,28-/m0/s1. The van der Waals surface area contributed by atoms with Gasteiger partial charge in [-0.3, -0.25) is 14.8 Å². The summed E-state index contributed by atoms with van der Waals surface area (Å²) in [5.74, 6) is -0.764. The van der Waals surface area contributed by atoms with Crippen LogP contribution < -0.4 is 0 Å². The van der Waals surface area contributed by atoms with Gasteiger partial charge in [-0.05, 0) is 11.1 Å². The number of carbonyl (C=O) groups excluding carboxylic acids is 1. The molecule has 0 aliphatic carbocycles. The van der Waals surface area contributed by atoms with Crippen molar-refractivity contribution < 1.29 is 49.3 Å². The fourth-order valence-electron chi connectivity index (χ4n) is 4.00. The number of hydrogen-bond acceptors (Lipinski definition) is 12. The Morgan fingerprint density at radius 2 is 1.50 bits per heavy atom. The predicted octanol–water partition coefficient (Wildman–Crippen LogP) is -0.324. The Kier molecular flexibility index (Phi) is 12.8. The van der Waals surface area contributed by atoms with Crippen molar-refractivity contribution in [3.05, 3.63) is 71.8 Å². The molecule has 0 aromatic heterocycles. The van der Waals surface area contributed by atoms with Crippen LogP contribution >= 0.6 is 0 Å². The van der Waals surface area contributed by atoms with Crippen LogP contribution in [0.3, 0.4) is 0 Å². The highest BCUT2D eigenvalue weighted by molar-refractivity contribution is 5.79. The van der Waals surface area contributed by atoms with Crippen LogP contribution in [0.5, 0.6) is 0 Å². The van der Waals surface area contributed by atoms with E-state index in [1.807, 2.05) is 60.7 Å². The summed E-state index contributed by atoms with van der Waals surface area (Å²) in [7, 11) is 0. The van der Waals surface area contributed by atoms with Crippen molar-refractivity contribution in [2.45, 2.75) is 56.1 Å². The molecule has 1 aliphatic rings. The highest BCUT2D eigenvalue weighted by Crippen LogP contribution is 2.26. The Hall–Kier alpha value is -3.07. The van der Waals surface area contributed by atoms with Gasteiger partial charge in [0.1, 0.15) is 30.5 Å². The minimum Gasteiger partial charge on any atom is -0.457 e. The number of rotatable bonds is 14. The van der Waals surface area contributed by atoms with Crippen molar-refractivity contribution >= 4 is 18.4 Å². The van der Waals surface area contributed by atoms with E-state index in [2.05, 4.69) is 9.98 Å². The van der Waals surface area contributed by atoms with Gasteiger partial charge in [-0.15, -0.1) is 0 Å². The Labute approximate surface area is 232 Å². The van der Waals surface area contributed by atoms with E-state index >= 15 is 0 Å². The molecule has 0 unspecified atom stereocenters. The largest absolute Gasteiger partial charge is 0.457 e. The van der Waals surface area contributed by atoms with E-state index in [0.29, 0.717) is 0 Å². The molecule has 0 bridgehead atoms. The molecule has 5 N–H and O–H groups in total. The summed E-state index contributed by atoms with van der Waals surface area (Å²) in [6, 6.07) is 18.4. The van der Waals surface area contributed by atoms with Crippen LogP contribution in [-0.4, -0.2) is 119 Å². The minimum atomic E-state index is -1.65. The van der Waals surface area contributed by atoms with E-state index in [-0.39, 0.29) is 13.1 Å². The zero-order valence-corrected chi connectivity index (χ0v) is 22.0. The minimum absolute atomic E-state index is 0.0999. The predicted molar refractivity (Wildman–Crippen MR) is 144 cm³/mol. The molecule has 0 radical (unpaired) electrons. The fraction of sp³-hybridized carbons (Fsp3) is 0.464. The second kappa shape index (κ2) is 16.3. The zero-order valence-electron chi connectivity index (χ0n) is 22.0. The van der Waals surface area contributed by atoms with E-state index in [4.69, 9.17) is 18.9 Å². The van der Waals surface area contributed by atoms with Crippen molar-refractivity contribution in [3.63, 3.8) is 0 Å². The first-order chi connectivity index (χ1) is 19.3. The molecule has 40 heavy (non-hydrogen) atoms. The van der Waals surface area contributed by atoms with Crippen LogP contribution in [0.25, 0.3) is 0 Å². The van der Waals surface area contributed by atoms with Crippen molar-refractivity contribution in [2.24, 2.45) is 9.98 Å². The van der Waals surface area contributed by atoms with Crippen LogP contribution in [0.2, 0.25) is 0 Å². The Morgan fingerprint density at radius 3 is 2.02 bits per heavy atom. The van der Waals surface area contributed by atoms with Gasteiger partial charge in [0.15, 0.2) is 18.7 Å². The number of hydrogen-bond donors (Lipinski definition) is 5. The number of ether oxygens (including phenoxy) is 4. The highest BCUT2D eigenvalue weighted by atomic mass is 16.7. The molecule has 3 rings (SSSR count). The normalized spacial score (nSPS) is 25.6. The third kappa shape index (κ3) is 9.54. The van der Waals surface area contributed by atoms with Gasteiger partial charge in [-0.25, -0.2) is 0 Å². The molecular formula is C28H36N2O10. The molecule has 1 fully saturated rings. The summed E-state index contributed by atoms with van der Waals surface area (Å²) in [5, 5.41) is 51.4. The van der Waals surface area contributed by atoms with Crippen LogP contribution in [0, 0.1) is 0 Å². The van der Waals surface area contributed by atoms with E-state index < -0.39 is 68.4 Å². The van der Waals surface area contributed by atoms with Crippen LogP contribution in [0.1, 0.15) is 18.1 Å². The maximum absolute atomic E-state index is 11.6. The molecule has 12 heteroatoms. The molecular weight excluding hydrogens is 524 g/mol. The number of aliphatic hydroxyl groups is 5. The van der Waals surface area contributed by atoms with Gasteiger partial charge >= 0.3 is 5.97 Å². The van der Waals surface area contributed by atoms with Crippen molar-refractivity contribution in [3.8, 4) is 0 Å². The summed E-state index contributed by atoms with van der Waals surface area (Å²) in [5.41, 5.74) is 1.63. The summed E-state index contributed by atoms with van der Waals surface area (Å²) < 4.78 is 22.1. The highest BCUT2D eigenvalue weighted by Gasteiger charge is 2.48. The van der Waals surface area contributed by atoms with Gasteiger partial charge in [-0.2, -0.15) is 0 Å². The second-order valence-corrected chi connectivity index (χ2v) is 9.08. The average molecular weight is 561 g/mol. The van der Waals surface area contributed by atoms with E-state index in [1.165, 1.54) is 0 Å². The molecule has 0 saturated carbocycles. The second-order valence-electron chi connectivity index (χ2n) is 9.08. The zero-order chi connectivity index (χ0) is 28.9. The van der Waals surface area contributed by atoms with Crippen LogP contribution in [0.15, 0.2) is 70.6 Å². The third-order valence-corrected chi connectivity index (χ3v) is 5.99. The topological polar surface area (TPSA) is 180 Å². The molecule has 2 aromatic carbocycles. The molecule has 8 atom stereocenters. The lowest BCUT2D eigenvalue weighted by atomic mass is 9.99. The van der Waals surface area contributed by atoms with E-state index in [9.17, 15) is 30.3 Å². The molecule has 1 saturated heterocycles. The first-order valence-corrected chi connectivity index (χ1v) is 12.8. The lowest BCUT2D eigenvalue weighted by Gasteiger charge is -2.42. The number of nitrogens with zero attached hydrogens (tertiary/aromatic N) is 2. The average Bonchev–Trinajstić information content (AvgIpc) is 2.95. The maximum atomic E-state index is 11.6.